The molecule has 25 heavy (non-hydrogen) atoms. The van der Waals surface area contributed by atoms with Crippen LogP contribution in [0.4, 0.5) is 0 Å². The van der Waals surface area contributed by atoms with E-state index in [2.05, 4.69) is 5.32 Å². The van der Waals surface area contributed by atoms with Gasteiger partial charge in [0.15, 0.2) is 0 Å². The number of carbonyl (C=O) groups is 2. The first-order chi connectivity index (χ1) is 12.2. The number of piperidine rings is 1. The van der Waals surface area contributed by atoms with Crippen LogP contribution in [0, 0.1) is 5.92 Å². The number of methoxy groups -OCH3 is 1. The molecule has 5 heteroatoms. The second kappa shape index (κ2) is 8.37. The van der Waals surface area contributed by atoms with Gasteiger partial charge in [-0.25, -0.2) is 0 Å². The number of hydrogen-bond donors (Lipinski definition) is 1. The lowest BCUT2D eigenvalue weighted by molar-refractivity contribution is -0.132. The first-order valence-corrected chi connectivity index (χ1v) is 9.37. The van der Waals surface area contributed by atoms with Crippen molar-refractivity contribution in [2.45, 2.75) is 51.0 Å². The van der Waals surface area contributed by atoms with Crippen LogP contribution in [0.2, 0.25) is 0 Å². The van der Waals surface area contributed by atoms with Crippen LogP contribution in [0.25, 0.3) is 0 Å². The first kappa shape index (κ1) is 17.8. The number of likely N-dealkylation sites (tertiary alicyclic amines) is 1. The summed E-state index contributed by atoms with van der Waals surface area (Å²) in [5.41, 5.74) is 1.15. The molecule has 1 heterocycles. The monoisotopic (exact) mass is 344 g/mol. The Morgan fingerprint density at radius 3 is 2.36 bits per heavy atom. The zero-order valence-corrected chi connectivity index (χ0v) is 15.0. The van der Waals surface area contributed by atoms with E-state index in [0.717, 1.165) is 56.5 Å². The molecule has 0 bridgehead atoms. The second-order valence-corrected chi connectivity index (χ2v) is 7.14. The van der Waals surface area contributed by atoms with Gasteiger partial charge in [-0.3, -0.25) is 9.59 Å². The maximum absolute atomic E-state index is 12.4. The number of benzene rings is 1. The number of hydrogen-bond acceptors (Lipinski definition) is 3. The Morgan fingerprint density at radius 1 is 1.12 bits per heavy atom. The maximum atomic E-state index is 12.4. The number of amides is 2. The van der Waals surface area contributed by atoms with Gasteiger partial charge in [0.05, 0.1) is 7.11 Å². The van der Waals surface area contributed by atoms with Crippen molar-refractivity contribution in [3.05, 3.63) is 29.8 Å². The number of aryl methyl sites for hydroxylation is 1. The maximum Gasteiger partial charge on any atom is 0.223 e. The van der Waals surface area contributed by atoms with E-state index < -0.39 is 0 Å². The summed E-state index contributed by atoms with van der Waals surface area (Å²) in [6, 6.07) is 8.10. The van der Waals surface area contributed by atoms with Crippen LogP contribution >= 0.6 is 0 Å². The Bertz CT molecular complexity index is 587. The van der Waals surface area contributed by atoms with Crippen molar-refractivity contribution in [1.82, 2.24) is 10.2 Å². The molecule has 0 aromatic heterocycles. The fraction of sp³-hybridized carbons (Fsp3) is 0.600. The Balaban J connectivity index is 1.38. The molecule has 136 valence electrons. The normalized spacial score (nSPS) is 18.5. The van der Waals surface area contributed by atoms with Crippen LogP contribution in [0.5, 0.6) is 5.75 Å². The molecule has 5 nitrogen and oxygen atoms in total. The lowest BCUT2D eigenvalue weighted by Crippen LogP contribution is -2.48. The van der Waals surface area contributed by atoms with Crippen LogP contribution in [0.1, 0.15) is 44.1 Å². The van der Waals surface area contributed by atoms with Crippen LogP contribution in [-0.2, 0) is 16.0 Å². The number of nitrogens with zero attached hydrogens (tertiary/aromatic N) is 1. The predicted molar refractivity (Wildman–Crippen MR) is 96.4 cm³/mol. The van der Waals surface area contributed by atoms with E-state index in [1.807, 2.05) is 29.2 Å². The number of ether oxygens (including phenoxy) is 1. The Labute approximate surface area is 149 Å². The molecule has 2 aliphatic rings. The summed E-state index contributed by atoms with van der Waals surface area (Å²) < 4.78 is 5.15. The molecule has 1 saturated heterocycles. The van der Waals surface area contributed by atoms with Gasteiger partial charge in [-0.2, -0.15) is 0 Å². The summed E-state index contributed by atoms with van der Waals surface area (Å²) in [5, 5.41) is 3.16. The molecule has 1 N–H and O–H groups in total. The zero-order chi connectivity index (χ0) is 17.6. The van der Waals surface area contributed by atoms with Crippen LogP contribution < -0.4 is 10.1 Å². The molecule has 1 aromatic carbocycles. The SMILES string of the molecule is COc1ccc(CCC(=O)N2CCC(NC(=O)C3CCC3)CC2)cc1. The van der Waals surface area contributed by atoms with Crippen molar-refractivity contribution < 1.29 is 14.3 Å². The molecule has 0 spiro atoms. The van der Waals surface area contributed by atoms with E-state index in [-0.39, 0.29) is 23.8 Å². The number of carbonyl (C=O) groups excluding carboxylic acids is 2. The lowest BCUT2D eigenvalue weighted by Gasteiger charge is -2.34. The topological polar surface area (TPSA) is 58.6 Å². The zero-order valence-electron chi connectivity index (χ0n) is 15.0. The minimum atomic E-state index is 0.208. The highest BCUT2D eigenvalue weighted by Crippen LogP contribution is 2.26. The molecule has 0 radical (unpaired) electrons. The summed E-state index contributed by atoms with van der Waals surface area (Å²) in [7, 11) is 1.65. The van der Waals surface area contributed by atoms with Gasteiger partial charge >= 0.3 is 0 Å². The summed E-state index contributed by atoms with van der Waals surface area (Å²) in [4.78, 5) is 26.4. The lowest BCUT2D eigenvalue weighted by atomic mass is 9.84. The van der Waals surface area contributed by atoms with Gasteiger partial charge in [-0.15, -0.1) is 0 Å². The van der Waals surface area contributed by atoms with Gasteiger partial charge in [-0.1, -0.05) is 18.6 Å². The fourth-order valence-corrected chi connectivity index (χ4v) is 3.46. The third-order valence-electron chi connectivity index (χ3n) is 5.46. The van der Waals surface area contributed by atoms with Gasteiger partial charge < -0.3 is 15.0 Å². The van der Waals surface area contributed by atoms with Crippen molar-refractivity contribution in [1.29, 1.82) is 0 Å². The summed E-state index contributed by atoms with van der Waals surface area (Å²) in [5.74, 6) is 1.50. The third kappa shape index (κ3) is 4.74. The van der Waals surface area contributed by atoms with Crippen molar-refractivity contribution in [3.63, 3.8) is 0 Å². The molecule has 2 amide bonds. The molecule has 1 aliphatic carbocycles. The number of nitrogens with one attached hydrogen (secondary N) is 1. The number of rotatable bonds is 6. The highest BCUT2D eigenvalue weighted by molar-refractivity contribution is 5.80. The van der Waals surface area contributed by atoms with Gasteiger partial charge in [0.1, 0.15) is 5.75 Å². The van der Waals surface area contributed by atoms with Gasteiger partial charge in [0, 0.05) is 31.5 Å². The molecule has 3 rings (SSSR count). The van der Waals surface area contributed by atoms with E-state index in [1.54, 1.807) is 7.11 Å². The Hall–Kier alpha value is -2.04. The second-order valence-electron chi connectivity index (χ2n) is 7.14. The van der Waals surface area contributed by atoms with Gasteiger partial charge in [0.25, 0.3) is 0 Å². The van der Waals surface area contributed by atoms with E-state index in [0.29, 0.717) is 6.42 Å². The Kier molecular flexibility index (Phi) is 5.95. The highest BCUT2D eigenvalue weighted by Gasteiger charge is 2.29. The van der Waals surface area contributed by atoms with Crippen molar-refractivity contribution in [2.24, 2.45) is 5.92 Å². The summed E-state index contributed by atoms with van der Waals surface area (Å²) >= 11 is 0. The molecule has 1 saturated carbocycles. The van der Waals surface area contributed by atoms with Crippen molar-refractivity contribution >= 4 is 11.8 Å². The van der Waals surface area contributed by atoms with Crippen molar-refractivity contribution in [3.8, 4) is 5.75 Å². The average molecular weight is 344 g/mol. The minimum absolute atomic E-state index is 0.208. The predicted octanol–water partition coefficient (Wildman–Crippen LogP) is 2.54. The molecule has 2 fully saturated rings. The van der Waals surface area contributed by atoms with E-state index in [1.165, 1.54) is 6.42 Å². The quantitative estimate of drug-likeness (QED) is 0.863. The van der Waals surface area contributed by atoms with E-state index >= 15 is 0 Å². The Morgan fingerprint density at radius 2 is 1.80 bits per heavy atom. The molecular formula is C20H28N2O3. The highest BCUT2D eigenvalue weighted by atomic mass is 16.5. The van der Waals surface area contributed by atoms with Crippen LogP contribution in [-0.4, -0.2) is 43.0 Å². The third-order valence-corrected chi connectivity index (χ3v) is 5.46. The molecular weight excluding hydrogens is 316 g/mol. The van der Waals surface area contributed by atoms with Gasteiger partial charge in [-0.05, 0) is 49.8 Å². The minimum Gasteiger partial charge on any atom is -0.497 e. The first-order valence-electron chi connectivity index (χ1n) is 9.37. The molecule has 1 aromatic rings. The molecule has 1 aliphatic heterocycles. The fourth-order valence-electron chi connectivity index (χ4n) is 3.46. The molecule has 0 unspecified atom stereocenters. The smallest absolute Gasteiger partial charge is 0.223 e. The van der Waals surface area contributed by atoms with Crippen LogP contribution in [0.3, 0.4) is 0 Å². The summed E-state index contributed by atoms with van der Waals surface area (Å²) in [6.07, 6.45) is 6.27. The van der Waals surface area contributed by atoms with Crippen molar-refractivity contribution in [2.75, 3.05) is 20.2 Å². The summed E-state index contributed by atoms with van der Waals surface area (Å²) in [6.45, 7) is 1.49. The van der Waals surface area contributed by atoms with Crippen LogP contribution in [0.15, 0.2) is 24.3 Å². The van der Waals surface area contributed by atoms with E-state index in [4.69, 9.17) is 4.74 Å². The average Bonchev–Trinajstić information content (AvgIpc) is 2.59. The van der Waals surface area contributed by atoms with E-state index in [9.17, 15) is 9.59 Å². The van der Waals surface area contributed by atoms with Gasteiger partial charge in [0.2, 0.25) is 11.8 Å². The molecule has 0 atom stereocenters. The largest absolute Gasteiger partial charge is 0.497 e. The standard InChI is InChI=1S/C20H28N2O3/c1-25-18-8-5-15(6-9-18)7-10-19(23)22-13-11-17(12-14-22)21-20(24)16-3-2-4-16/h5-6,8-9,16-17H,2-4,7,10-14H2,1H3,(H,21,24).